The Morgan fingerprint density at radius 3 is 2.80 bits per heavy atom. The second-order valence-corrected chi connectivity index (χ2v) is 5.33. The fraction of sp³-hybridized carbons (Fsp3) is 0.300. The van der Waals surface area contributed by atoms with Crippen molar-refractivity contribution in [2.45, 2.75) is 11.2 Å². The molecule has 1 rings (SSSR count). The highest BCUT2D eigenvalue weighted by molar-refractivity contribution is 9.10. The van der Waals surface area contributed by atoms with Crippen LogP contribution in [0.5, 0.6) is 0 Å². The summed E-state index contributed by atoms with van der Waals surface area (Å²) in [5.41, 5.74) is 1.01. The first-order valence-corrected chi connectivity index (χ1v) is 6.29. The van der Waals surface area contributed by atoms with E-state index in [0.717, 1.165) is 10.0 Å². The van der Waals surface area contributed by atoms with Crippen LogP contribution in [-0.4, -0.2) is 17.9 Å². The van der Waals surface area contributed by atoms with E-state index in [1.54, 1.807) is 12.1 Å². The topological polar surface area (TPSA) is 26.3 Å². The van der Waals surface area contributed by atoms with Gasteiger partial charge in [-0.1, -0.05) is 49.5 Å². The van der Waals surface area contributed by atoms with Crippen molar-refractivity contribution in [2.24, 2.45) is 0 Å². The molecule has 0 bridgehead atoms. The predicted octanol–water partition coefficient (Wildman–Crippen LogP) is 3.58. The molecule has 0 spiro atoms. The van der Waals surface area contributed by atoms with Crippen LogP contribution in [0.3, 0.4) is 0 Å². The van der Waals surface area contributed by atoms with Crippen LogP contribution in [0.25, 0.3) is 0 Å². The zero-order chi connectivity index (χ0) is 11.4. The van der Waals surface area contributed by atoms with Gasteiger partial charge in [-0.25, -0.2) is 0 Å². The number of benzene rings is 1. The number of carbonyl (C=O) groups excluding carboxylic acids is 1. The zero-order valence-electron chi connectivity index (χ0n) is 7.97. The van der Waals surface area contributed by atoms with Crippen molar-refractivity contribution in [3.63, 3.8) is 0 Å². The number of alkyl halides is 1. The van der Waals surface area contributed by atoms with Gasteiger partial charge in [0, 0.05) is 9.50 Å². The summed E-state index contributed by atoms with van der Waals surface area (Å²) in [6, 6.07) is 5.47. The third-order valence-electron chi connectivity index (χ3n) is 1.87. The molecule has 0 aliphatic heterocycles. The Hall–Kier alpha value is -0.0600. The molecule has 0 N–H and O–H groups in total. The quantitative estimate of drug-likeness (QED) is 0.611. The standard InChI is InChI=1S/C10H9Br2ClO2/c1-15-10(14)9(12)4-6-2-3-7(13)5-8(6)11/h2-3,5,9H,4H2,1H3. The first-order chi connectivity index (χ1) is 7.04. The predicted molar refractivity (Wildman–Crippen MR) is 67.6 cm³/mol. The van der Waals surface area contributed by atoms with Crippen LogP contribution in [0.2, 0.25) is 5.02 Å². The molecular formula is C10H9Br2ClO2. The lowest BCUT2D eigenvalue weighted by Crippen LogP contribution is -2.18. The molecule has 5 heteroatoms. The second kappa shape index (κ2) is 5.87. The van der Waals surface area contributed by atoms with Gasteiger partial charge in [-0.3, -0.25) is 4.79 Å². The lowest BCUT2D eigenvalue weighted by Gasteiger charge is -2.09. The number of hydrogen-bond acceptors (Lipinski definition) is 2. The lowest BCUT2D eigenvalue weighted by atomic mass is 10.1. The zero-order valence-corrected chi connectivity index (χ0v) is 11.9. The summed E-state index contributed by atoms with van der Waals surface area (Å²) in [4.78, 5) is 10.9. The average molecular weight is 356 g/mol. The van der Waals surface area contributed by atoms with Crippen molar-refractivity contribution < 1.29 is 9.53 Å². The normalized spacial score (nSPS) is 12.3. The SMILES string of the molecule is COC(=O)C(Br)Cc1ccc(Cl)cc1Br. The Morgan fingerprint density at radius 2 is 2.27 bits per heavy atom. The van der Waals surface area contributed by atoms with Crippen molar-refractivity contribution in [1.82, 2.24) is 0 Å². The van der Waals surface area contributed by atoms with Gasteiger partial charge in [-0.15, -0.1) is 0 Å². The first kappa shape index (κ1) is 13.0. The summed E-state index contributed by atoms with van der Waals surface area (Å²) in [5.74, 6) is -0.281. The molecular weight excluding hydrogens is 347 g/mol. The number of hydrogen-bond donors (Lipinski definition) is 0. The van der Waals surface area contributed by atoms with Crippen LogP contribution in [0, 0.1) is 0 Å². The van der Waals surface area contributed by atoms with Crippen LogP contribution in [0.4, 0.5) is 0 Å². The Morgan fingerprint density at radius 1 is 1.60 bits per heavy atom. The molecule has 0 fully saturated rings. The summed E-state index contributed by atoms with van der Waals surface area (Å²) >= 11 is 12.5. The Bertz CT molecular complexity index is 368. The molecule has 0 aliphatic carbocycles. The molecule has 0 radical (unpaired) electrons. The third-order valence-corrected chi connectivity index (χ3v) is 3.54. The molecule has 0 aliphatic rings. The highest BCUT2D eigenvalue weighted by atomic mass is 79.9. The van der Waals surface area contributed by atoms with Crippen molar-refractivity contribution in [3.8, 4) is 0 Å². The van der Waals surface area contributed by atoms with Gasteiger partial charge < -0.3 is 4.74 Å². The van der Waals surface area contributed by atoms with Gasteiger partial charge >= 0.3 is 5.97 Å². The van der Waals surface area contributed by atoms with E-state index in [0.29, 0.717) is 11.4 Å². The van der Waals surface area contributed by atoms with E-state index in [2.05, 4.69) is 36.6 Å². The van der Waals surface area contributed by atoms with Gasteiger partial charge in [-0.2, -0.15) is 0 Å². The minimum atomic E-state index is -0.333. The first-order valence-electron chi connectivity index (χ1n) is 4.20. The molecule has 0 saturated carbocycles. The Kier molecular flexibility index (Phi) is 5.09. The maximum absolute atomic E-state index is 11.2. The lowest BCUT2D eigenvalue weighted by molar-refractivity contribution is -0.139. The van der Waals surface area contributed by atoms with E-state index >= 15 is 0 Å². The number of methoxy groups -OCH3 is 1. The number of halogens is 3. The van der Waals surface area contributed by atoms with Crippen molar-refractivity contribution in [3.05, 3.63) is 33.3 Å². The van der Waals surface area contributed by atoms with E-state index in [1.165, 1.54) is 7.11 Å². The van der Waals surface area contributed by atoms with Crippen molar-refractivity contribution >= 4 is 49.4 Å². The molecule has 0 aromatic heterocycles. The highest BCUT2D eigenvalue weighted by Crippen LogP contribution is 2.24. The van der Waals surface area contributed by atoms with Gasteiger partial charge in [0.15, 0.2) is 0 Å². The molecule has 1 unspecified atom stereocenters. The monoisotopic (exact) mass is 354 g/mol. The molecule has 1 atom stereocenters. The maximum atomic E-state index is 11.2. The van der Waals surface area contributed by atoms with E-state index in [-0.39, 0.29) is 10.8 Å². The summed E-state index contributed by atoms with van der Waals surface area (Å²) in [6.45, 7) is 0. The molecule has 0 heterocycles. The van der Waals surface area contributed by atoms with Gasteiger partial charge in [0.25, 0.3) is 0 Å². The van der Waals surface area contributed by atoms with Crippen LogP contribution >= 0.6 is 43.5 Å². The average Bonchev–Trinajstić information content (AvgIpc) is 2.20. The van der Waals surface area contributed by atoms with E-state index in [4.69, 9.17) is 11.6 Å². The number of ether oxygens (including phenoxy) is 1. The van der Waals surface area contributed by atoms with Crippen LogP contribution < -0.4 is 0 Å². The molecule has 15 heavy (non-hydrogen) atoms. The van der Waals surface area contributed by atoms with Crippen LogP contribution in [0.15, 0.2) is 22.7 Å². The van der Waals surface area contributed by atoms with Gasteiger partial charge in [0.1, 0.15) is 4.83 Å². The highest BCUT2D eigenvalue weighted by Gasteiger charge is 2.16. The molecule has 0 saturated heterocycles. The molecule has 2 nitrogen and oxygen atoms in total. The Labute approximate surface area is 110 Å². The second-order valence-electron chi connectivity index (χ2n) is 2.93. The summed E-state index contributed by atoms with van der Waals surface area (Å²) in [5, 5.41) is 0.662. The summed E-state index contributed by atoms with van der Waals surface area (Å²) < 4.78 is 5.51. The number of rotatable bonds is 3. The van der Waals surface area contributed by atoms with Gasteiger partial charge in [-0.05, 0) is 24.1 Å². The number of esters is 1. The summed E-state index contributed by atoms with van der Waals surface area (Å²) in [7, 11) is 1.37. The smallest absolute Gasteiger partial charge is 0.319 e. The largest absolute Gasteiger partial charge is 0.468 e. The van der Waals surface area contributed by atoms with E-state index in [1.807, 2.05) is 6.07 Å². The van der Waals surface area contributed by atoms with Crippen LogP contribution in [-0.2, 0) is 16.0 Å². The minimum Gasteiger partial charge on any atom is -0.468 e. The third kappa shape index (κ3) is 3.78. The minimum absolute atomic E-state index is 0.281. The molecule has 82 valence electrons. The van der Waals surface area contributed by atoms with Crippen molar-refractivity contribution in [2.75, 3.05) is 7.11 Å². The molecule has 1 aromatic carbocycles. The van der Waals surface area contributed by atoms with Crippen LogP contribution in [0.1, 0.15) is 5.56 Å². The number of carbonyl (C=O) groups is 1. The Balaban J connectivity index is 2.76. The maximum Gasteiger partial charge on any atom is 0.319 e. The molecule has 0 amide bonds. The summed E-state index contributed by atoms with van der Waals surface area (Å²) in [6.07, 6.45) is 0.560. The fourth-order valence-corrected chi connectivity index (χ4v) is 2.47. The fourth-order valence-electron chi connectivity index (χ4n) is 1.09. The van der Waals surface area contributed by atoms with Gasteiger partial charge in [0.05, 0.1) is 7.11 Å². The van der Waals surface area contributed by atoms with E-state index in [9.17, 15) is 4.79 Å². The van der Waals surface area contributed by atoms with Gasteiger partial charge in [0.2, 0.25) is 0 Å². The van der Waals surface area contributed by atoms with Crippen molar-refractivity contribution in [1.29, 1.82) is 0 Å². The molecule has 1 aromatic rings. The van der Waals surface area contributed by atoms with E-state index < -0.39 is 0 Å².